The Bertz CT molecular complexity index is 630. The van der Waals surface area contributed by atoms with E-state index in [1.165, 1.54) is 30.5 Å². The molecule has 0 saturated carbocycles. The predicted molar refractivity (Wildman–Crippen MR) is 74.8 cm³/mol. The van der Waals surface area contributed by atoms with Crippen LogP contribution in [0.3, 0.4) is 0 Å². The van der Waals surface area contributed by atoms with E-state index in [0.29, 0.717) is 16.2 Å². The standard InChI is InChI=1S/C15H13NO4/c1-20-14-8-2-11(3-9-14)10-16(19)13-6-4-12(5-7-13)15(17)18/h2-10H,1H3,(H,17,18). The van der Waals surface area contributed by atoms with Crippen LogP contribution in [-0.2, 0) is 0 Å². The summed E-state index contributed by atoms with van der Waals surface area (Å²) in [7, 11) is 1.57. The van der Waals surface area contributed by atoms with Crippen LogP contribution in [0.25, 0.3) is 0 Å². The molecule has 0 aliphatic rings. The van der Waals surface area contributed by atoms with E-state index in [1.807, 2.05) is 0 Å². The van der Waals surface area contributed by atoms with Gasteiger partial charge in [-0.3, -0.25) is 0 Å². The molecule has 0 amide bonds. The van der Waals surface area contributed by atoms with Gasteiger partial charge in [-0.15, -0.1) is 0 Å². The Morgan fingerprint density at radius 2 is 1.75 bits per heavy atom. The second kappa shape index (κ2) is 5.88. The molecule has 0 heterocycles. The lowest BCUT2D eigenvalue weighted by atomic mass is 10.2. The fraction of sp³-hybridized carbons (Fsp3) is 0.0667. The molecule has 5 heteroatoms. The summed E-state index contributed by atoms with van der Waals surface area (Å²) in [6, 6.07) is 12.8. The highest BCUT2D eigenvalue weighted by molar-refractivity contribution is 5.87. The van der Waals surface area contributed by atoms with Gasteiger partial charge in [-0.25, -0.2) is 4.79 Å². The first-order chi connectivity index (χ1) is 9.60. The van der Waals surface area contributed by atoms with E-state index in [-0.39, 0.29) is 5.56 Å². The van der Waals surface area contributed by atoms with E-state index in [1.54, 1.807) is 31.4 Å². The number of rotatable bonds is 4. The molecule has 102 valence electrons. The summed E-state index contributed by atoms with van der Waals surface area (Å²) < 4.78 is 5.72. The normalized spacial score (nSPS) is 11.2. The smallest absolute Gasteiger partial charge is 0.335 e. The van der Waals surface area contributed by atoms with Gasteiger partial charge in [-0.05, 0) is 36.4 Å². The highest BCUT2D eigenvalue weighted by atomic mass is 16.5. The second-order valence-electron chi connectivity index (χ2n) is 4.08. The molecular weight excluding hydrogens is 258 g/mol. The minimum absolute atomic E-state index is 0.145. The van der Waals surface area contributed by atoms with Crippen LogP contribution in [0.2, 0.25) is 0 Å². The average molecular weight is 271 g/mol. The Kier molecular flexibility index (Phi) is 4.00. The quantitative estimate of drug-likeness (QED) is 0.401. The van der Waals surface area contributed by atoms with E-state index in [9.17, 15) is 10.0 Å². The van der Waals surface area contributed by atoms with Crippen LogP contribution in [0, 0.1) is 5.21 Å². The number of carbonyl (C=O) groups is 1. The molecule has 2 aromatic carbocycles. The minimum Gasteiger partial charge on any atom is -0.618 e. The van der Waals surface area contributed by atoms with Gasteiger partial charge in [0.1, 0.15) is 5.75 Å². The van der Waals surface area contributed by atoms with Crippen molar-refractivity contribution in [2.24, 2.45) is 0 Å². The van der Waals surface area contributed by atoms with Crippen molar-refractivity contribution in [1.29, 1.82) is 0 Å². The summed E-state index contributed by atoms with van der Waals surface area (Å²) >= 11 is 0. The largest absolute Gasteiger partial charge is 0.618 e. The first-order valence-corrected chi connectivity index (χ1v) is 5.89. The number of carboxylic acid groups (broad SMARTS) is 1. The molecule has 5 nitrogen and oxygen atoms in total. The lowest BCUT2D eigenvalue weighted by Gasteiger charge is -2.04. The first-order valence-electron chi connectivity index (χ1n) is 5.89. The van der Waals surface area contributed by atoms with Crippen molar-refractivity contribution in [3.05, 3.63) is 64.9 Å². The van der Waals surface area contributed by atoms with Crippen LogP contribution in [0.15, 0.2) is 48.5 Å². The number of nitrogens with zero attached hydrogens (tertiary/aromatic N) is 1. The molecule has 0 radical (unpaired) electrons. The fourth-order valence-corrected chi connectivity index (χ4v) is 1.65. The third-order valence-electron chi connectivity index (χ3n) is 2.75. The number of methoxy groups -OCH3 is 1. The molecule has 0 bridgehead atoms. The molecule has 1 N–H and O–H groups in total. The van der Waals surface area contributed by atoms with Gasteiger partial charge in [0.15, 0.2) is 6.21 Å². The van der Waals surface area contributed by atoms with E-state index >= 15 is 0 Å². The molecule has 0 aliphatic heterocycles. The molecule has 0 saturated heterocycles. The van der Waals surface area contributed by atoms with Gasteiger partial charge in [0.25, 0.3) is 0 Å². The van der Waals surface area contributed by atoms with Crippen LogP contribution in [0.5, 0.6) is 5.75 Å². The summed E-state index contributed by atoms with van der Waals surface area (Å²) in [5, 5.41) is 20.7. The zero-order valence-electron chi connectivity index (χ0n) is 10.8. The van der Waals surface area contributed by atoms with E-state index < -0.39 is 5.97 Å². The molecule has 2 aromatic rings. The highest BCUT2D eigenvalue weighted by Crippen LogP contribution is 2.14. The Morgan fingerprint density at radius 3 is 2.25 bits per heavy atom. The molecule has 0 aliphatic carbocycles. The van der Waals surface area contributed by atoms with Gasteiger partial charge < -0.3 is 15.1 Å². The fourth-order valence-electron chi connectivity index (χ4n) is 1.65. The van der Waals surface area contributed by atoms with Gasteiger partial charge in [0.2, 0.25) is 5.69 Å². The Labute approximate surface area is 116 Å². The summed E-state index contributed by atoms with van der Waals surface area (Å²) in [6.45, 7) is 0. The molecular formula is C15H13NO4. The molecule has 0 aromatic heterocycles. The second-order valence-corrected chi connectivity index (χ2v) is 4.08. The lowest BCUT2D eigenvalue weighted by molar-refractivity contribution is -0.354. The number of ether oxygens (including phenoxy) is 1. The SMILES string of the molecule is COc1ccc(C=[N+]([O-])c2ccc(C(=O)O)cc2)cc1. The van der Waals surface area contributed by atoms with Crippen molar-refractivity contribution in [3.63, 3.8) is 0 Å². The Hall–Kier alpha value is -2.82. The van der Waals surface area contributed by atoms with Gasteiger partial charge >= 0.3 is 5.97 Å². The van der Waals surface area contributed by atoms with Crippen LogP contribution in [-0.4, -0.2) is 29.1 Å². The summed E-state index contributed by atoms with van der Waals surface area (Å²) in [5.74, 6) is -0.307. The van der Waals surface area contributed by atoms with Crippen molar-refractivity contribution in [2.45, 2.75) is 0 Å². The summed E-state index contributed by atoms with van der Waals surface area (Å²) in [5.41, 5.74) is 1.24. The van der Waals surface area contributed by atoms with Crippen LogP contribution < -0.4 is 4.74 Å². The Morgan fingerprint density at radius 1 is 1.15 bits per heavy atom. The van der Waals surface area contributed by atoms with Crippen LogP contribution in [0.4, 0.5) is 5.69 Å². The van der Waals surface area contributed by atoms with Gasteiger partial charge in [0.05, 0.1) is 12.7 Å². The molecule has 20 heavy (non-hydrogen) atoms. The number of aromatic carboxylic acids is 1. The lowest BCUT2D eigenvalue weighted by Crippen LogP contribution is -2.00. The van der Waals surface area contributed by atoms with Crippen molar-refractivity contribution < 1.29 is 19.4 Å². The number of hydrogen-bond donors (Lipinski definition) is 1. The maximum atomic E-state index is 11.9. The molecule has 0 atom stereocenters. The minimum atomic E-state index is -1.02. The van der Waals surface area contributed by atoms with E-state index in [0.717, 1.165) is 5.56 Å². The highest BCUT2D eigenvalue weighted by Gasteiger charge is 2.06. The summed E-state index contributed by atoms with van der Waals surface area (Å²) in [4.78, 5) is 10.7. The van der Waals surface area contributed by atoms with Crippen molar-refractivity contribution in [1.82, 2.24) is 0 Å². The third kappa shape index (κ3) is 3.14. The van der Waals surface area contributed by atoms with Crippen molar-refractivity contribution >= 4 is 17.9 Å². The molecule has 2 rings (SSSR count). The number of benzene rings is 2. The average Bonchev–Trinajstić information content (AvgIpc) is 2.48. The Balaban J connectivity index is 2.22. The van der Waals surface area contributed by atoms with Crippen molar-refractivity contribution in [2.75, 3.05) is 7.11 Å². The summed E-state index contributed by atoms with van der Waals surface area (Å²) in [6.07, 6.45) is 1.41. The van der Waals surface area contributed by atoms with E-state index in [2.05, 4.69) is 0 Å². The van der Waals surface area contributed by atoms with Crippen LogP contribution in [0.1, 0.15) is 15.9 Å². The zero-order valence-corrected chi connectivity index (χ0v) is 10.8. The van der Waals surface area contributed by atoms with E-state index in [4.69, 9.17) is 9.84 Å². The monoisotopic (exact) mass is 271 g/mol. The first kappa shape index (κ1) is 13.6. The molecule has 0 spiro atoms. The predicted octanol–water partition coefficient (Wildman–Crippen LogP) is 2.65. The maximum Gasteiger partial charge on any atom is 0.335 e. The number of carboxylic acids is 1. The van der Waals surface area contributed by atoms with Gasteiger partial charge in [-0.1, -0.05) is 0 Å². The van der Waals surface area contributed by atoms with Gasteiger partial charge in [0, 0.05) is 17.7 Å². The zero-order chi connectivity index (χ0) is 14.5. The van der Waals surface area contributed by atoms with Gasteiger partial charge in [-0.2, -0.15) is 4.74 Å². The number of hydrogen-bond acceptors (Lipinski definition) is 3. The maximum absolute atomic E-state index is 11.9. The molecule has 0 unspecified atom stereocenters. The van der Waals surface area contributed by atoms with Crippen molar-refractivity contribution in [3.8, 4) is 5.75 Å². The molecule has 0 fully saturated rings. The topological polar surface area (TPSA) is 72.6 Å². The van der Waals surface area contributed by atoms with Crippen LogP contribution >= 0.6 is 0 Å². The third-order valence-corrected chi connectivity index (χ3v) is 2.75.